The van der Waals surface area contributed by atoms with Crippen molar-refractivity contribution in [3.63, 3.8) is 0 Å². The number of rotatable bonds is 6. The molecule has 0 aromatic heterocycles. The van der Waals surface area contributed by atoms with Crippen molar-refractivity contribution in [2.45, 2.75) is 64.7 Å². The molecule has 0 unspecified atom stereocenters. The van der Waals surface area contributed by atoms with Crippen molar-refractivity contribution in [3.8, 4) is 0 Å². The summed E-state index contributed by atoms with van der Waals surface area (Å²) in [6, 6.07) is 0.183. The van der Waals surface area contributed by atoms with Gasteiger partial charge in [0.25, 0.3) is 0 Å². The van der Waals surface area contributed by atoms with E-state index in [9.17, 15) is 4.21 Å². The molecule has 1 aliphatic heterocycles. The highest BCUT2D eigenvalue weighted by Gasteiger charge is 2.39. The first-order valence-corrected chi connectivity index (χ1v) is 8.71. The van der Waals surface area contributed by atoms with Crippen molar-refractivity contribution in [2.75, 3.05) is 13.2 Å². The maximum atomic E-state index is 12.4. The van der Waals surface area contributed by atoms with Gasteiger partial charge in [-0.3, -0.25) is 0 Å². The van der Waals surface area contributed by atoms with Crippen LogP contribution in [-0.2, 0) is 15.7 Å². The zero-order valence-corrected chi connectivity index (χ0v) is 14.5. The summed E-state index contributed by atoms with van der Waals surface area (Å²) < 4.78 is 21.0. The van der Waals surface area contributed by atoms with Gasteiger partial charge in [-0.05, 0) is 51.4 Å². The monoisotopic (exact) mass is 301 g/mol. The summed E-state index contributed by atoms with van der Waals surface area (Å²) in [5, 5.41) is 0. The van der Waals surface area contributed by atoms with Crippen LogP contribution in [0.4, 0.5) is 0 Å². The fraction of sp³-hybridized carbons (Fsp3) is 0.875. The highest BCUT2D eigenvalue weighted by Crippen LogP contribution is 2.39. The second kappa shape index (κ2) is 7.19. The molecule has 1 N–H and O–H groups in total. The van der Waals surface area contributed by atoms with Crippen molar-refractivity contribution in [2.24, 2.45) is 11.3 Å². The normalized spacial score (nSPS) is 21.4. The van der Waals surface area contributed by atoms with Crippen LogP contribution in [0.1, 0.15) is 53.9 Å². The summed E-state index contributed by atoms with van der Waals surface area (Å²) in [4.78, 5) is 0. The van der Waals surface area contributed by atoms with Crippen LogP contribution >= 0.6 is 0 Å². The molecule has 0 amide bonds. The van der Waals surface area contributed by atoms with Crippen LogP contribution in [0.15, 0.2) is 12.7 Å². The Bertz CT molecular complexity index is 341. The minimum Gasteiger partial charge on any atom is -0.381 e. The Morgan fingerprint density at radius 2 is 1.85 bits per heavy atom. The topological polar surface area (TPSA) is 38.3 Å². The highest BCUT2D eigenvalue weighted by molar-refractivity contribution is 7.84. The third-order valence-electron chi connectivity index (χ3n) is 4.38. The van der Waals surface area contributed by atoms with E-state index in [4.69, 9.17) is 4.74 Å². The molecule has 1 saturated heterocycles. The molecule has 0 radical (unpaired) electrons. The SMILES string of the molecule is C=CC[C@H](N[S@](=O)C(C)(C)C)C(C)(C)C1CCOCC1. The first-order chi connectivity index (χ1) is 9.19. The molecule has 3 nitrogen and oxygen atoms in total. The molecule has 1 rings (SSSR count). The maximum Gasteiger partial charge on any atom is 0.0973 e. The molecule has 2 atom stereocenters. The summed E-state index contributed by atoms with van der Waals surface area (Å²) in [5.41, 5.74) is 0.0822. The van der Waals surface area contributed by atoms with Gasteiger partial charge in [-0.2, -0.15) is 0 Å². The summed E-state index contributed by atoms with van der Waals surface area (Å²) in [5.74, 6) is 0.602. The second-order valence-electron chi connectivity index (χ2n) is 7.28. The van der Waals surface area contributed by atoms with E-state index < -0.39 is 11.0 Å². The fourth-order valence-corrected chi connectivity index (χ4v) is 3.71. The fourth-order valence-electron chi connectivity index (χ4n) is 2.70. The Kier molecular flexibility index (Phi) is 6.42. The Labute approximate surface area is 127 Å². The summed E-state index contributed by atoms with van der Waals surface area (Å²) in [6.07, 6.45) is 4.94. The van der Waals surface area contributed by atoms with Crippen molar-refractivity contribution in [3.05, 3.63) is 12.7 Å². The minimum absolute atomic E-state index is 0.0822. The number of ether oxygens (including phenoxy) is 1. The van der Waals surface area contributed by atoms with Gasteiger partial charge in [0.05, 0.1) is 15.7 Å². The van der Waals surface area contributed by atoms with E-state index >= 15 is 0 Å². The lowest BCUT2D eigenvalue weighted by atomic mass is 9.69. The van der Waals surface area contributed by atoms with Crippen LogP contribution in [0.25, 0.3) is 0 Å². The van der Waals surface area contributed by atoms with Gasteiger partial charge in [0, 0.05) is 19.3 Å². The van der Waals surface area contributed by atoms with Crippen LogP contribution in [0, 0.1) is 11.3 Å². The molecule has 1 heterocycles. The molecule has 0 aliphatic carbocycles. The van der Waals surface area contributed by atoms with Gasteiger partial charge >= 0.3 is 0 Å². The van der Waals surface area contributed by atoms with Gasteiger partial charge in [-0.25, -0.2) is 8.93 Å². The smallest absolute Gasteiger partial charge is 0.0973 e. The van der Waals surface area contributed by atoms with E-state index in [2.05, 4.69) is 25.1 Å². The molecule has 118 valence electrons. The van der Waals surface area contributed by atoms with E-state index in [-0.39, 0.29) is 16.2 Å². The third kappa shape index (κ3) is 4.68. The molecule has 0 aromatic carbocycles. The molecule has 1 fully saturated rings. The summed E-state index contributed by atoms with van der Waals surface area (Å²) in [6.45, 7) is 16.1. The predicted octanol–water partition coefficient (Wildman–Crippen LogP) is 3.44. The Morgan fingerprint density at radius 1 is 1.30 bits per heavy atom. The van der Waals surface area contributed by atoms with Crippen molar-refractivity contribution in [1.82, 2.24) is 4.72 Å². The lowest BCUT2D eigenvalue weighted by molar-refractivity contribution is 0.0116. The van der Waals surface area contributed by atoms with E-state index in [0.717, 1.165) is 32.5 Å². The van der Waals surface area contributed by atoms with Crippen LogP contribution in [0.3, 0.4) is 0 Å². The first-order valence-electron chi connectivity index (χ1n) is 7.56. The lowest BCUT2D eigenvalue weighted by Crippen LogP contribution is -2.50. The Morgan fingerprint density at radius 3 is 2.30 bits per heavy atom. The molecule has 0 aromatic rings. The molecular formula is C16H31NO2S. The average molecular weight is 301 g/mol. The van der Waals surface area contributed by atoms with E-state index in [1.165, 1.54) is 0 Å². The maximum absolute atomic E-state index is 12.4. The molecule has 1 aliphatic rings. The number of hydrogen-bond acceptors (Lipinski definition) is 2. The second-order valence-corrected chi connectivity index (χ2v) is 9.28. The zero-order valence-electron chi connectivity index (χ0n) is 13.7. The molecule has 0 bridgehead atoms. The van der Waals surface area contributed by atoms with Gasteiger partial charge in [0.2, 0.25) is 0 Å². The van der Waals surface area contributed by atoms with Crippen LogP contribution in [-0.4, -0.2) is 28.2 Å². The van der Waals surface area contributed by atoms with Gasteiger partial charge in [0.1, 0.15) is 0 Å². The average Bonchev–Trinajstić information content (AvgIpc) is 2.38. The Hall–Kier alpha value is -0.190. The van der Waals surface area contributed by atoms with E-state index in [1.54, 1.807) is 0 Å². The quantitative estimate of drug-likeness (QED) is 0.763. The lowest BCUT2D eigenvalue weighted by Gasteiger charge is -2.43. The van der Waals surface area contributed by atoms with Gasteiger partial charge in [0.15, 0.2) is 0 Å². The van der Waals surface area contributed by atoms with Gasteiger partial charge in [-0.1, -0.05) is 19.9 Å². The van der Waals surface area contributed by atoms with Crippen molar-refractivity contribution in [1.29, 1.82) is 0 Å². The molecule has 20 heavy (non-hydrogen) atoms. The molecule has 4 heteroatoms. The third-order valence-corrected chi connectivity index (χ3v) is 5.99. The standard InChI is InChI=1S/C16H31NO2S/c1-7-8-14(17-20(18)15(2,3)4)16(5,6)13-9-11-19-12-10-13/h7,13-14,17H,1,8-12H2,2-6H3/t14-,20+/m0/s1. The zero-order chi connectivity index (χ0) is 15.4. The van der Waals surface area contributed by atoms with Crippen molar-refractivity contribution < 1.29 is 8.95 Å². The molecule has 0 spiro atoms. The first kappa shape index (κ1) is 17.9. The van der Waals surface area contributed by atoms with Gasteiger partial charge < -0.3 is 4.74 Å². The molecule has 0 saturated carbocycles. The largest absolute Gasteiger partial charge is 0.381 e. The number of hydrogen-bond donors (Lipinski definition) is 1. The van der Waals surface area contributed by atoms with E-state index in [0.29, 0.717) is 5.92 Å². The van der Waals surface area contributed by atoms with Crippen molar-refractivity contribution >= 4 is 11.0 Å². The van der Waals surface area contributed by atoms with E-state index in [1.807, 2.05) is 26.8 Å². The predicted molar refractivity (Wildman–Crippen MR) is 87.0 cm³/mol. The summed E-state index contributed by atoms with van der Waals surface area (Å²) >= 11 is 0. The van der Waals surface area contributed by atoms with Crippen LogP contribution in [0.2, 0.25) is 0 Å². The van der Waals surface area contributed by atoms with Crippen LogP contribution < -0.4 is 4.72 Å². The summed E-state index contributed by atoms with van der Waals surface area (Å²) in [7, 11) is -1.05. The van der Waals surface area contributed by atoms with Gasteiger partial charge in [-0.15, -0.1) is 6.58 Å². The minimum atomic E-state index is -1.05. The highest BCUT2D eigenvalue weighted by atomic mass is 32.2. The Balaban J connectivity index is 2.82. The number of nitrogens with one attached hydrogen (secondary N) is 1. The van der Waals surface area contributed by atoms with Crippen LogP contribution in [0.5, 0.6) is 0 Å². The molecular weight excluding hydrogens is 270 g/mol.